The number of alkyl halides is 2. The number of hydrogen-bond acceptors (Lipinski definition) is 7. The summed E-state index contributed by atoms with van der Waals surface area (Å²) in [6.07, 6.45) is 0.170. The Hall–Kier alpha value is -2.40. The highest BCUT2D eigenvalue weighted by Gasteiger charge is 2.46. The number of halogens is 3. The van der Waals surface area contributed by atoms with Crippen molar-refractivity contribution in [2.45, 2.75) is 44.1 Å². The fourth-order valence-corrected chi connectivity index (χ4v) is 4.28. The van der Waals surface area contributed by atoms with E-state index in [1.54, 1.807) is 6.07 Å². The minimum absolute atomic E-state index is 0.0497. The van der Waals surface area contributed by atoms with Gasteiger partial charge in [-0.05, 0) is 0 Å². The minimum atomic E-state index is -2.61. The second-order valence-electron chi connectivity index (χ2n) is 8.49. The Bertz CT molecular complexity index is 933. The van der Waals surface area contributed by atoms with Gasteiger partial charge in [-0.15, -0.1) is 0 Å². The van der Waals surface area contributed by atoms with Crippen molar-refractivity contribution in [3.63, 3.8) is 0 Å². The predicted octanol–water partition coefficient (Wildman–Crippen LogP) is 2.68. The Kier molecular flexibility index (Phi) is 5.25. The normalized spacial score (nSPS) is 22.3. The monoisotopic (exact) mass is 437 g/mol. The highest BCUT2D eigenvalue weighted by molar-refractivity contribution is 5.59. The Labute approximate surface area is 178 Å². The summed E-state index contributed by atoms with van der Waals surface area (Å²) in [5.41, 5.74) is 0.620. The predicted molar refractivity (Wildman–Crippen MR) is 109 cm³/mol. The van der Waals surface area contributed by atoms with Gasteiger partial charge >= 0.3 is 0 Å². The molecule has 0 atom stereocenters. The van der Waals surface area contributed by atoms with Gasteiger partial charge in [0.05, 0.1) is 19.3 Å². The van der Waals surface area contributed by atoms with Crippen LogP contribution in [0.5, 0.6) is 0 Å². The number of anilines is 3. The van der Waals surface area contributed by atoms with Gasteiger partial charge in [0.25, 0.3) is 0 Å². The van der Waals surface area contributed by atoms with E-state index in [1.165, 1.54) is 0 Å². The van der Waals surface area contributed by atoms with Gasteiger partial charge in [0, 0.05) is 63.1 Å². The van der Waals surface area contributed by atoms with E-state index < -0.39 is 11.7 Å². The van der Waals surface area contributed by atoms with E-state index in [0.29, 0.717) is 42.9 Å². The van der Waals surface area contributed by atoms with Crippen molar-refractivity contribution >= 4 is 17.5 Å². The van der Waals surface area contributed by atoms with E-state index >= 15 is 4.39 Å². The van der Waals surface area contributed by atoms with Crippen molar-refractivity contribution < 1.29 is 17.9 Å². The van der Waals surface area contributed by atoms with Crippen molar-refractivity contribution in [3.05, 3.63) is 23.4 Å². The van der Waals surface area contributed by atoms with Gasteiger partial charge < -0.3 is 15.0 Å². The van der Waals surface area contributed by atoms with Gasteiger partial charge in [0.2, 0.25) is 11.7 Å². The van der Waals surface area contributed by atoms with Gasteiger partial charge in [-0.3, -0.25) is 10.00 Å². The number of aromatic amines is 1. The van der Waals surface area contributed by atoms with Crippen LogP contribution in [0.4, 0.5) is 30.6 Å². The highest BCUT2D eigenvalue weighted by atomic mass is 19.3. The molecule has 3 aliphatic rings. The van der Waals surface area contributed by atoms with Gasteiger partial charge in [-0.2, -0.15) is 9.49 Å². The summed E-state index contributed by atoms with van der Waals surface area (Å²) in [4.78, 5) is 13.0. The number of aromatic nitrogens is 4. The zero-order chi connectivity index (χ0) is 21.6. The summed E-state index contributed by atoms with van der Waals surface area (Å²) in [7, 11) is 0. The average Bonchev–Trinajstić information content (AvgIpc) is 3.15. The molecule has 31 heavy (non-hydrogen) atoms. The SMILES string of the molecule is CCc1nc(Nc2cc(C3CC(F)(F)C3)[nH]n2)c(F)c(N2CCN(C3COC3)CC2)n1. The summed E-state index contributed by atoms with van der Waals surface area (Å²) in [5.74, 6) is -2.18. The third-order valence-electron chi connectivity index (χ3n) is 6.32. The number of H-pyrrole nitrogens is 1. The van der Waals surface area contributed by atoms with Crippen molar-refractivity contribution in [1.29, 1.82) is 0 Å². The van der Waals surface area contributed by atoms with Gasteiger partial charge in [-0.1, -0.05) is 6.92 Å². The van der Waals surface area contributed by atoms with E-state index in [2.05, 4.69) is 30.4 Å². The van der Waals surface area contributed by atoms with Gasteiger partial charge in [-0.25, -0.2) is 18.7 Å². The summed E-state index contributed by atoms with van der Waals surface area (Å²) in [5, 5.41) is 9.79. The number of rotatable bonds is 6. The van der Waals surface area contributed by atoms with Crippen LogP contribution in [0.15, 0.2) is 6.07 Å². The molecule has 2 saturated heterocycles. The second-order valence-corrected chi connectivity index (χ2v) is 8.49. The van der Waals surface area contributed by atoms with Crippen LogP contribution < -0.4 is 10.2 Å². The lowest BCUT2D eigenvalue weighted by Crippen LogP contribution is -2.56. The van der Waals surface area contributed by atoms with E-state index in [4.69, 9.17) is 4.74 Å². The van der Waals surface area contributed by atoms with E-state index in [9.17, 15) is 8.78 Å². The molecule has 1 saturated carbocycles. The van der Waals surface area contributed by atoms with Crippen LogP contribution in [0.25, 0.3) is 0 Å². The molecule has 168 valence electrons. The number of nitrogens with zero attached hydrogens (tertiary/aromatic N) is 5. The summed E-state index contributed by atoms with van der Waals surface area (Å²) in [6, 6.07) is 2.11. The fraction of sp³-hybridized carbons (Fsp3) is 0.650. The van der Waals surface area contributed by atoms with Crippen LogP contribution in [0.2, 0.25) is 0 Å². The number of ether oxygens (including phenoxy) is 1. The van der Waals surface area contributed by atoms with E-state index in [-0.39, 0.29) is 30.4 Å². The first kappa shape index (κ1) is 20.5. The first-order valence-corrected chi connectivity index (χ1v) is 10.7. The maximum Gasteiger partial charge on any atom is 0.249 e. The van der Waals surface area contributed by atoms with Gasteiger partial charge in [0.15, 0.2) is 17.5 Å². The Balaban J connectivity index is 1.31. The lowest BCUT2D eigenvalue weighted by molar-refractivity contribution is -0.0876. The van der Waals surface area contributed by atoms with Crippen LogP contribution >= 0.6 is 0 Å². The summed E-state index contributed by atoms with van der Waals surface area (Å²) in [6.45, 7) is 6.46. The maximum atomic E-state index is 15.3. The van der Waals surface area contributed by atoms with Crippen LogP contribution in [0.3, 0.4) is 0 Å². The zero-order valence-electron chi connectivity index (χ0n) is 17.4. The molecule has 0 radical (unpaired) electrons. The maximum absolute atomic E-state index is 15.3. The topological polar surface area (TPSA) is 82.2 Å². The van der Waals surface area contributed by atoms with Crippen molar-refractivity contribution in [3.8, 4) is 0 Å². The molecule has 2 aromatic heterocycles. The molecule has 5 rings (SSSR count). The minimum Gasteiger partial charge on any atom is -0.378 e. The van der Waals surface area contributed by atoms with Crippen LogP contribution in [0, 0.1) is 5.82 Å². The molecule has 0 aromatic carbocycles. The van der Waals surface area contributed by atoms with Crippen molar-refractivity contribution in [1.82, 2.24) is 25.1 Å². The lowest BCUT2D eigenvalue weighted by atomic mass is 9.79. The van der Waals surface area contributed by atoms with Crippen molar-refractivity contribution in [2.75, 3.05) is 49.6 Å². The molecular weight excluding hydrogens is 411 g/mol. The van der Waals surface area contributed by atoms with Gasteiger partial charge in [0.1, 0.15) is 5.82 Å². The third-order valence-corrected chi connectivity index (χ3v) is 6.32. The molecule has 3 fully saturated rings. The largest absolute Gasteiger partial charge is 0.378 e. The molecule has 1 aliphatic carbocycles. The first-order chi connectivity index (χ1) is 14.9. The molecular formula is C20H26F3N7O. The Morgan fingerprint density at radius 1 is 1.19 bits per heavy atom. The molecule has 0 spiro atoms. The summed E-state index contributed by atoms with van der Waals surface area (Å²) < 4.78 is 46.9. The number of aryl methyl sites for hydroxylation is 1. The molecule has 0 unspecified atom stereocenters. The lowest BCUT2D eigenvalue weighted by Gasteiger charge is -2.42. The van der Waals surface area contributed by atoms with Crippen LogP contribution in [0.1, 0.15) is 37.2 Å². The molecule has 0 bridgehead atoms. The fourth-order valence-electron chi connectivity index (χ4n) is 4.28. The van der Waals surface area contributed by atoms with Crippen LogP contribution in [-0.4, -0.2) is 76.4 Å². The summed E-state index contributed by atoms with van der Waals surface area (Å²) >= 11 is 0. The zero-order valence-corrected chi connectivity index (χ0v) is 17.4. The first-order valence-electron chi connectivity index (χ1n) is 10.7. The van der Waals surface area contributed by atoms with E-state index in [1.807, 2.05) is 11.8 Å². The van der Waals surface area contributed by atoms with Crippen LogP contribution in [-0.2, 0) is 11.2 Å². The molecule has 0 amide bonds. The molecule has 2 aliphatic heterocycles. The molecule has 4 heterocycles. The number of hydrogen-bond donors (Lipinski definition) is 2. The van der Waals surface area contributed by atoms with Crippen molar-refractivity contribution in [2.24, 2.45) is 0 Å². The standard InChI is InChI=1S/C20H26F3N7O/c1-2-15-24-18(25-16-7-14(27-28-16)12-8-20(22,23)9-12)17(21)19(26-15)30-5-3-29(4-6-30)13-10-31-11-13/h7,12-13H,2-6,8-11H2,1H3,(H2,24,25,26,27,28). The van der Waals surface area contributed by atoms with E-state index in [0.717, 1.165) is 26.3 Å². The number of piperazine rings is 1. The second kappa shape index (κ2) is 7.94. The quantitative estimate of drug-likeness (QED) is 0.719. The number of nitrogens with one attached hydrogen (secondary N) is 2. The third kappa shape index (κ3) is 4.08. The molecule has 2 N–H and O–H groups in total. The molecule has 8 nitrogen and oxygen atoms in total. The molecule has 11 heteroatoms. The average molecular weight is 437 g/mol. The molecule has 2 aromatic rings. The Morgan fingerprint density at radius 3 is 2.55 bits per heavy atom. The Morgan fingerprint density at radius 2 is 1.94 bits per heavy atom. The highest BCUT2D eigenvalue weighted by Crippen LogP contribution is 2.48. The smallest absolute Gasteiger partial charge is 0.249 e.